The highest BCUT2D eigenvalue weighted by Crippen LogP contribution is 2.49. The zero-order valence-corrected chi connectivity index (χ0v) is 29.4. The Hall–Kier alpha value is -6.52. The van der Waals surface area contributed by atoms with E-state index in [4.69, 9.17) is 15.0 Å². The summed E-state index contributed by atoms with van der Waals surface area (Å²) < 4.78 is 0. The first-order chi connectivity index (χ1) is 25.4. The van der Waals surface area contributed by atoms with Crippen molar-refractivity contribution in [2.45, 2.75) is 26.2 Å². The molecule has 6 aromatic carbocycles. The molecule has 1 aliphatic rings. The summed E-state index contributed by atoms with van der Waals surface area (Å²) in [6.45, 7) is 6.67. The second kappa shape index (κ2) is 12.7. The molecule has 1 aliphatic carbocycles. The Balaban J connectivity index is 1.26. The standard InChI is InChI=1S/C48H36N4/c1-31-25-37(23-24-49-31)34-17-12-18-35(26-34)38-27-39(36-21-22-44-42(30-36)41-19-10-11-20-43(41)48(44,2)3)29-40(28-38)47-51-45(32-13-6-4-7-14-32)50-46(52-47)33-15-8-5-9-16-33/h4-30H,1-3H3. The van der Waals surface area contributed by atoms with Crippen molar-refractivity contribution in [2.75, 3.05) is 0 Å². The van der Waals surface area contributed by atoms with Crippen molar-refractivity contribution >= 4 is 0 Å². The SMILES string of the molecule is Cc1cc(-c2cccc(-c3cc(-c4ccc5c(c4)-c4ccccc4C5(C)C)cc(-c4nc(-c5ccccc5)nc(-c5ccccc5)n4)c3)c2)ccn1. The summed E-state index contributed by atoms with van der Waals surface area (Å²) in [7, 11) is 0. The Morgan fingerprint density at radius 1 is 0.365 bits per heavy atom. The van der Waals surface area contributed by atoms with Crippen LogP contribution in [0.4, 0.5) is 0 Å². The van der Waals surface area contributed by atoms with Gasteiger partial charge in [-0.2, -0.15) is 0 Å². The van der Waals surface area contributed by atoms with Crippen molar-refractivity contribution in [3.8, 4) is 78.7 Å². The topological polar surface area (TPSA) is 51.6 Å². The van der Waals surface area contributed by atoms with Gasteiger partial charge in [0.2, 0.25) is 0 Å². The van der Waals surface area contributed by atoms with Crippen LogP contribution in [0.3, 0.4) is 0 Å². The highest BCUT2D eigenvalue weighted by atomic mass is 15.0. The lowest BCUT2D eigenvalue weighted by Crippen LogP contribution is -2.14. The van der Waals surface area contributed by atoms with Gasteiger partial charge in [0.15, 0.2) is 17.5 Å². The van der Waals surface area contributed by atoms with Gasteiger partial charge >= 0.3 is 0 Å². The molecule has 2 aromatic heterocycles. The predicted octanol–water partition coefficient (Wildman–Crippen LogP) is 11.9. The lowest BCUT2D eigenvalue weighted by Gasteiger charge is -2.21. The molecule has 0 atom stereocenters. The Morgan fingerprint density at radius 2 is 0.846 bits per heavy atom. The van der Waals surface area contributed by atoms with Crippen molar-refractivity contribution in [2.24, 2.45) is 0 Å². The molecule has 248 valence electrons. The highest BCUT2D eigenvalue weighted by molar-refractivity contribution is 5.87. The molecule has 0 spiro atoms. The second-order valence-electron chi connectivity index (χ2n) is 14.0. The third-order valence-electron chi connectivity index (χ3n) is 10.2. The van der Waals surface area contributed by atoms with E-state index in [1.807, 2.05) is 73.8 Å². The molecule has 0 unspecified atom stereocenters. The van der Waals surface area contributed by atoms with E-state index in [0.29, 0.717) is 17.5 Å². The van der Waals surface area contributed by atoms with Gasteiger partial charge in [-0.25, -0.2) is 15.0 Å². The monoisotopic (exact) mass is 668 g/mol. The first kappa shape index (κ1) is 31.5. The van der Waals surface area contributed by atoms with Gasteiger partial charge in [0, 0.05) is 34.0 Å². The van der Waals surface area contributed by atoms with E-state index in [0.717, 1.165) is 55.8 Å². The number of hydrogen-bond acceptors (Lipinski definition) is 4. The van der Waals surface area contributed by atoms with Crippen LogP contribution in [0, 0.1) is 6.92 Å². The van der Waals surface area contributed by atoms with Crippen LogP contribution in [0.5, 0.6) is 0 Å². The molecule has 0 saturated carbocycles. The molecule has 2 heterocycles. The fourth-order valence-corrected chi connectivity index (χ4v) is 7.53. The van der Waals surface area contributed by atoms with Gasteiger partial charge in [-0.1, -0.05) is 129 Å². The van der Waals surface area contributed by atoms with Crippen LogP contribution in [0.2, 0.25) is 0 Å². The highest BCUT2D eigenvalue weighted by Gasteiger charge is 2.35. The van der Waals surface area contributed by atoms with Crippen LogP contribution in [-0.2, 0) is 5.41 Å². The van der Waals surface area contributed by atoms with Gasteiger partial charge < -0.3 is 0 Å². The van der Waals surface area contributed by atoms with Crippen molar-refractivity contribution in [1.82, 2.24) is 19.9 Å². The molecular formula is C48H36N4. The molecule has 8 aromatic rings. The van der Waals surface area contributed by atoms with E-state index in [-0.39, 0.29) is 5.41 Å². The van der Waals surface area contributed by atoms with Gasteiger partial charge in [-0.3, -0.25) is 4.98 Å². The summed E-state index contributed by atoms with van der Waals surface area (Å²) >= 11 is 0. The maximum absolute atomic E-state index is 5.12. The Morgan fingerprint density at radius 3 is 1.50 bits per heavy atom. The molecule has 9 rings (SSSR count). The first-order valence-electron chi connectivity index (χ1n) is 17.7. The van der Waals surface area contributed by atoms with Gasteiger partial charge in [0.05, 0.1) is 0 Å². The van der Waals surface area contributed by atoms with Crippen molar-refractivity contribution < 1.29 is 0 Å². The number of hydrogen-bond donors (Lipinski definition) is 0. The summed E-state index contributed by atoms with van der Waals surface area (Å²) in [4.78, 5) is 19.6. The molecule has 0 radical (unpaired) electrons. The predicted molar refractivity (Wildman–Crippen MR) is 213 cm³/mol. The number of benzene rings is 6. The molecular weight excluding hydrogens is 633 g/mol. The van der Waals surface area contributed by atoms with E-state index in [2.05, 4.69) is 116 Å². The van der Waals surface area contributed by atoms with Gasteiger partial charge in [-0.15, -0.1) is 0 Å². The fourth-order valence-electron chi connectivity index (χ4n) is 7.53. The molecule has 4 nitrogen and oxygen atoms in total. The zero-order valence-electron chi connectivity index (χ0n) is 29.4. The molecule has 0 aliphatic heterocycles. The lowest BCUT2D eigenvalue weighted by molar-refractivity contribution is 0.660. The van der Waals surface area contributed by atoms with E-state index in [1.54, 1.807) is 0 Å². The number of nitrogens with zero attached hydrogens (tertiary/aromatic N) is 4. The van der Waals surface area contributed by atoms with Crippen LogP contribution in [0.1, 0.15) is 30.7 Å². The number of aryl methyl sites for hydroxylation is 1. The van der Waals surface area contributed by atoms with Crippen LogP contribution in [-0.4, -0.2) is 19.9 Å². The average molecular weight is 669 g/mol. The maximum Gasteiger partial charge on any atom is 0.164 e. The molecule has 0 fully saturated rings. The van der Waals surface area contributed by atoms with Gasteiger partial charge in [0.1, 0.15) is 0 Å². The summed E-state index contributed by atoms with van der Waals surface area (Å²) in [5.41, 5.74) is 15.8. The quantitative estimate of drug-likeness (QED) is 0.177. The zero-order chi connectivity index (χ0) is 35.2. The van der Waals surface area contributed by atoms with E-state index < -0.39 is 0 Å². The minimum atomic E-state index is -0.0597. The Kier molecular flexibility index (Phi) is 7.66. The molecule has 52 heavy (non-hydrogen) atoms. The van der Waals surface area contributed by atoms with Crippen molar-refractivity contribution in [3.63, 3.8) is 0 Å². The minimum absolute atomic E-state index is 0.0597. The molecule has 0 bridgehead atoms. The average Bonchev–Trinajstić information content (AvgIpc) is 3.43. The summed E-state index contributed by atoms with van der Waals surface area (Å²) in [6.07, 6.45) is 1.87. The van der Waals surface area contributed by atoms with Crippen LogP contribution >= 0.6 is 0 Å². The maximum atomic E-state index is 5.12. The number of pyridine rings is 1. The number of aromatic nitrogens is 4. The summed E-state index contributed by atoms with van der Waals surface area (Å²) in [5.74, 6) is 1.91. The Labute approximate surface area is 304 Å². The number of rotatable bonds is 6. The minimum Gasteiger partial charge on any atom is -0.262 e. The fraction of sp³-hybridized carbons (Fsp3) is 0.0833. The molecule has 0 N–H and O–H groups in total. The molecule has 4 heteroatoms. The van der Waals surface area contributed by atoms with Crippen molar-refractivity contribution in [3.05, 3.63) is 181 Å². The second-order valence-corrected chi connectivity index (χ2v) is 14.0. The molecule has 0 saturated heterocycles. The van der Waals surface area contributed by atoms with Crippen LogP contribution < -0.4 is 0 Å². The smallest absolute Gasteiger partial charge is 0.164 e. The normalized spacial score (nSPS) is 12.7. The third kappa shape index (κ3) is 5.69. The summed E-state index contributed by atoms with van der Waals surface area (Å²) in [5, 5.41) is 0. The van der Waals surface area contributed by atoms with E-state index in [9.17, 15) is 0 Å². The van der Waals surface area contributed by atoms with Crippen LogP contribution in [0.25, 0.3) is 78.7 Å². The molecule has 0 amide bonds. The first-order valence-corrected chi connectivity index (χ1v) is 17.7. The lowest BCUT2D eigenvalue weighted by atomic mass is 9.82. The van der Waals surface area contributed by atoms with Gasteiger partial charge in [-0.05, 0) is 105 Å². The Bertz CT molecular complexity index is 2550. The van der Waals surface area contributed by atoms with Gasteiger partial charge in [0.25, 0.3) is 0 Å². The number of fused-ring (bicyclic) bond motifs is 3. The summed E-state index contributed by atoms with van der Waals surface area (Å²) in [6, 6.07) is 55.7. The largest absolute Gasteiger partial charge is 0.262 e. The van der Waals surface area contributed by atoms with E-state index in [1.165, 1.54) is 22.3 Å². The van der Waals surface area contributed by atoms with Crippen molar-refractivity contribution in [1.29, 1.82) is 0 Å². The van der Waals surface area contributed by atoms with Crippen LogP contribution in [0.15, 0.2) is 164 Å². The van der Waals surface area contributed by atoms with E-state index >= 15 is 0 Å². The third-order valence-corrected chi connectivity index (χ3v) is 10.2.